The van der Waals surface area contributed by atoms with E-state index in [9.17, 15) is 9.90 Å². The summed E-state index contributed by atoms with van der Waals surface area (Å²) in [5.74, 6) is -0.212. The fraction of sp³-hybridized carbons (Fsp3) is 0.900. The second kappa shape index (κ2) is 28.4. The van der Waals surface area contributed by atoms with Crippen LogP contribution in [0.4, 0.5) is 0 Å². The summed E-state index contributed by atoms with van der Waals surface area (Å²) in [5, 5.41) is 9.46. The van der Waals surface area contributed by atoms with Crippen molar-refractivity contribution in [2.24, 2.45) is 0 Å². The van der Waals surface area contributed by atoms with Crippen LogP contribution in [0.2, 0.25) is 0 Å². The van der Waals surface area contributed by atoms with Crippen LogP contribution in [0, 0.1) is 0 Å². The Labute approximate surface area is 212 Å². The van der Waals surface area contributed by atoms with Crippen molar-refractivity contribution in [1.29, 1.82) is 0 Å². The first kappa shape index (κ1) is 33.1. The van der Waals surface area contributed by atoms with Crippen LogP contribution in [-0.2, 0) is 14.3 Å². The molecule has 34 heavy (non-hydrogen) atoms. The molecule has 0 bridgehead atoms. The van der Waals surface area contributed by atoms with Gasteiger partial charge in [0.1, 0.15) is 6.10 Å². The molecule has 0 aromatic heterocycles. The van der Waals surface area contributed by atoms with E-state index in [0.29, 0.717) is 19.6 Å². The van der Waals surface area contributed by atoms with E-state index >= 15 is 0 Å². The zero-order valence-corrected chi connectivity index (χ0v) is 22.9. The van der Waals surface area contributed by atoms with Gasteiger partial charge >= 0.3 is 5.97 Å². The first-order valence-electron chi connectivity index (χ1n) is 14.8. The van der Waals surface area contributed by atoms with Crippen LogP contribution in [0.5, 0.6) is 0 Å². The lowest BCUT2D eigenvalue weighted by Gasteiger charge is -2.15. The van der Waals surface area contributed by atoms with Crippen LogP contribution in [-0.4, -0.2) is 37.0 Å². The Balaban J connectivity index is 3.46. The molecule has 1 atom stereocenters. The normalized spacial score (nSPS) is 12.4. The van der Waals surface area contributed by atoms with E-state index in [4.69, 9.17) is 9.47 Å². The molecule has 0 spiro atoms. The highest BCUT2D eigenvalue weighted by molar-refractivity contribution is 5.69. The number of hydrogen-bond acceptors (Lipinski definition) is 4. The Morgan fingerprint density at radius 2 is 1.18 bits per heavy atom. The third-order valence-corrected chi connectivity index (χ3v) is 6.34. The summed E-state index contributed by atoms with van der Waals surface area (Å²) in [6, 6.07) is 0. The predicted octanol–water partition coefficient (Wildman–Crippen LogP) is 8.70. The molecule has 4 heteroatoms. The molecular weight excluding hydrogens is 424 g/mol. The van der Waals surface area contributed by atoms with Crippen molar-refractivity contribution < 1.29 is 19.4 Å². The highest BCUT2D eigenvalue weighted by Gasteiger charge is 2.13. The Hall–Kier alpha value is -0.870. The maximum absolute atomic E-state index is 12.0. The second-order valence-corrected chi connectivity index (χ2v) is 9.82. The standard InChI is InChI=1S/C30H58O4/c1-3-5-7-9-11-13-15-17-19-21-23-25-30(32)34-29(27-31)28-33-26-24-22-20-18-16-14-12-10-8-6-4-2/h9,11,29,31H,3-8,10,12-28H2,1-2H3/b11-9-. The number of rotatable bonds is 27. The zero-order chi connectivity index (χ0) is 25.0. The minimum Gasteiger partial charge on any atom is -0.457 e. The number of aliphatic hydroxyl groups excluding tert-OH is 1. The van der Waals surface area contributed by atoms with E-state index in [-0.39, 0.29) is 12.6 Å². The lowest BCUT2D eigenvalue weighted by molar-refractivity contribution is -0.154. The summed E-state index contributed by atoms with van der Waals surface area (Å²) < 4.78 is 11.0. The van der Waals surface area contributed by atoms with Gasteiger partial charge < -0.3 is 14.6 Å². The van der Waals surface area contributed by atoms with Crippen molar-refractivity contribution in [3.8, 4) is 0 Å². The van der Waals surface area contributed by atoms with Crippen LogP contribution in [0.15, 0.2) is 12.2 Å². The third-order valence-electron chi connectivity index (χ3n) is 6.34. The average molecular weight is 483 g/mol. The smallest absolute Gasteiger partial charge is 0.306 e. The lowest BCUT2D eigenvalue weighted by atomic mass is 10.1. The molecule has 0 heterocycles. The summed E-state index contributed by atoms with van der Waals surface area (Å²) >= 11 is 0. The van der Waals surface area contributed by atoms with Gasteiger partial charge in [-0.1, -0.05) is 122 Å². The van der Waals surface area contributed by atoms with Gasteiger partial charge in [-0.3, -0.25) is 4.79 Å². The molecule has 0 saturated carbocycles. The molecule has 0 aliphatic heterocycles. The summed E-state index contributed by atoms with van der Waals surface area (Å²) in [4.78, 5) is 12.0. The van der Waals surface area contributed by atoms with E-state index in [1.165, 1.54) is 109 Å². The molecule has 0 amide bonds. The number of esters is 1. The minimum absolute atomic E-state index is 0.171. The molecular formula is C30H58O4. The van der Waals surface area contributed by atoms with Crippen molar-refractivity contribution in [2.45, 2.75) is 155 Å². The molecule has 0 rings (SSSR count). The predicted molar refractivity (Wildman–Crippen MR) is 145 cm³/mol. The third kappa shape index (κ3) is 25.7. The fourth-order valence-electron chi connectivity index (χ4n) is 4.07. The maximum Gasteiger partial charge on any atom is 0.306 e. The minimum atomic E-state index is -0.528. The Bertz CT molecular complexity index is 436. The van der Waals surface area contributed by atoms with E-state index in [1.54, 1.807) is 0 Å². The van der Waals surface area contributed by atoms with Gasteiger partial charge in [0.2, 0.25) is 0 Å². The van der Waals surface area contributed by atoms with Crippen molar-refractivity contribution >= 4 is 5.97 Å². The largest absolute Gasteiger partial charge is 0.457 e. The number of allylic oxidation sites excluding steroid dienone is 2. The summed E-state index contributed by atoms with van der Waals surface area (Å²) in [5.41, 5.74) is 0. The monoisotopic (exact) mass is 482 g/mol. The van der Waals surface area contributed by atoms with E-state index in [1.807, 2.05) is 0 Å². The number of carbonyl (C=O) groups is 1. The van der Waals surface area contributed by atoms with Gasteiger partial charge in [-0.2, -0.15) is 0 Å². The number of ether oxygens (including phenoxy) is 2. The van der Waals surface area contributed by atoms with E-state index in [0.717, 1.165) is 19.3 Å². The molecule has 0 saturated heterocycles. The van der Waals surface area contributed by atoms with Crippen LogP contribution in [0.1, 0.15) is 149 Å². The topological polar surface area (TPSA) is 55.8 Å². The molecule has 1 unspecified atom stereocenters. The molecule has 0 radical (unpaired) electrons. The number of carbonyl (C=O) groups excluding carboxylic acids is 1. The van der Waals surface area contributed by atoms with E-state index < -0.39 is 6.10 Å². The molecule has 0 aliphatic carbocycles. The van der Waals surface area contributed by atoms with Crippen molar-refractivity contribution in [1.82, 2.24) is 0 Å². The number of hydrogen-bond donors (Lipinski definition) is 1. The van der Waals surface area contributed by atoms with Gasteiger partial charge in [0.05, 0.1) is 13.2 Å². The van der Waals surface area contributed by atoms with Crippen LogP contribution in [0.3, 0.4) is 0 Å². The van der Waals surface area contributed by atoms with Crippen LogP contribution < -0.4 is 0 Å². The summed E-state index contributed by atoms with van der Waals surface area (Å²) in [7, 11) is 0. The Morgan fingerprint density at radius 3 is 1.76 bits per heavy atom. The first-order valence-corrected chi connectivity index (χ1v) is 14.8. The summed E-state index contributed by atoms with van der Waals surface area (Å²) in [6.45, 7) is 5.29. The Morgan fingerprint density at radius 1 is 0.676 bits per heavy atom. The van der Waals surface area contributed by atoms with Crippen molar-refractivity contribution in [3.63, 3.8) is 0 Å². The molecule has 4 nitrogen and oxygen atoms in total. The summed E-state index contributed by atoms with van der Waals surface area (Å²) in [6.07, 6.45) is 29.4. The number of unbranched alkanes of at least 4 members (excludes halogenated alkanes) is 17. The maximum atomic E-state index is 12.0. The second-order valence-electron chi connectivity index (χ2n) is 9.82. The van der Waals surface area contributed by atoms with Crippen LogP contribution in [0.25, 0.3) is 0 Å². The molecule has 0 fully saturated rings. The van der Waals surface area contributed by atoms with Crippen LogP contribution >= 0.6 is 0 Å². The average Bonchev–Trinajstić information content (AvgIpc) is 2.84. The number of aliphatic hydroxyl groups is 1. The molecule has 0 aromatic carbocycles. The molecule has 202 valence electrons. The highest BCUT2D eigenvalue weighted by atomic mass is 16.6. The fourth-order valence-corrected chi connectivity index (χ4v) is 4.07. The SMILES string of the molecule is CCCC/C=C\CCCCCCCC(=O)OC(CO)COCCCCCCCCCCCCC. The van der Waals surface area contributed by atoms with Gasteiger partial charge in [0.25, 0.3) is 0 Å². The van der Waals surface area contributed by atoms with E-state index in [2.05, 4.69) is 26.0 Å². The highest BCUT2D eigenvalue weighted by Crippen LogP contribution is 2.12. The quantitative estimate of drug-likeness (QED) is 0.0722. The van der Waals surface area contributed by atoms with Crippen molar-refractivity contribution in [3.05, 3.63) is 12.2 Å². The zero-order valence-electron chi connectivity index (χ0n) is 22.9. The first-order chi connectivity index (χ1) is 16.7. The molecule has 1 N–H and O–H groups in total. The Kier molecular flexibility index (Phi) is 27.6. The van der Waals surface area contributed by atoms with Gasteiger partial charge in [-0.05, 0) is 32.1 Å². The van der Waals surface area contributed by atoms with Gasteiger partial charge in [0.15, 0.2) is 0 Å². The molecule has 0 aliphatic rings. The van der Waals surface area contributed by atoms with Gasteiger partial charge in [-0.25, -0.2) is 0 Å². The van der Waals surface area contributed by atoms with Crippen molar-refractivity contribution in [2.75, 3.05) is 19.8 Å². The lowest BCUT2D eigenvalue weighted by Crippen LogP contribution is -2.27. The van der Waals surface area contributed by atoms with Gasteiger partial charge in [-0.15, -0.1) is 0 Å². The molecule has 0 aromatic rings. The van der Waals surface area contributed by atoms with Gasteiger partial charge in [0, 0.05) is 13.0 Å².